The maximum atomic E-state index is 13.3. The van der Waals surface area contributed by atoms with Gasteiger partial charge in [0, 0.05) is 36.6 Å². The first-order chi connectivity index (χ1) is 15.7. The van der Waals surface area contributed by atoms with E-state index in [4.69, 9.17) is 4.74 Å². The zero-order chi connectivity index (χ0) is 23.3. The molecule has 0 atom stereocenters. The highest BCUT2D eigenvalue weighted by Crippen LogP contribution is 2.78. The van der Waals surface area contributed by atoms with Crippen molar-refractivity contribution >= 4 is 17.1 Å². The van der Waals surface area contributed by atoms with E-state index in [0.717, 1.165) is 11.4 Å². The van der Waals surface area contributed by atoms with Crippen molar-refractivity contribution < 1.29 is 17.9 Å². The second-order valence-corrected chi connectivity index (χ2v) is 9.22. The van der Waals surface area contributed by atoms with Crippen LogP contribution in [0.1, 0.15) is 36.3 Å². The molecular formula is C23H25F3N6O. The largest absolute Gasteiger partial charge is 0.394 e. The predicted molar refractivity (Wildman–Crippen MR) is 116 cm³/mol. The molecule has 0 unspecified atom stereocenters. The van der Waals surface area contributed by atoms with Crippen molar-refractivity contribution in [1.29, 1.82) is 0 Å². The maximum absolute atomic E-state index is 13.3. The number of fused-ring (bicyclic) bond motifs is 1. The van der Waals surface area contributed by atoms with Gasteiger partial charge in [-0.25, -0.2) is 15.0 Å². The average molecular weight is 458 g/mol. The SMILES string of the molecule is Cc1ccccn1.Cc1cnc2c(C34CC(C(F)(F)F)(C3)C4)nc(N3CCOCC3)nc2n1. The Balaban J connectivity index is 0.000000281. The van der Waals surface area contributed by atoms with Crippen LogP contribution in [0.3, 0.4) is 0 Å². The monoisotopic (exact) mass is 458 g/mol. The fourth-order valence-electron chi connectivity index (χ4n) is 5.04. The third-order valence-electron chi connectivity index (χ3n) is 6.76. The normalized spacial score (nSPS) is 26.2. The summed E-state index contributed by atoms with van der Waals surface area (Å²) in [5.74, 6) is 0.515. The van der Waals surface area contributed by atoms with Crippen molar-refractivity contribution in [3.63, 3.8) is 0 Å². The van der Waals surface area contributed by atoms with E-state index in [0.29, 0.717) is 49.1 Å². The van der Waals surface area contributed by atoms with Gasteiger partial charge in [0.15, 0.2) is 5.65 Å². The number of rotatable bonds is 2. The van der Waals surface area contributed by atoms with Crippen LogP contribution < -0.4 is 4.90 Å². The number of halogens is 3. The topological polar surface area (TPSA) is 76.9 Å². The predicted octanol–water partition coefficient (Wildman–Crippen LogP) is 3.94. The molecule has 4 aliphatic rings. The van der Waals surface area contributed by atoms with Crippen LogP contribution in [0.4, 0.5) is 19.1 Å². The van der Waals surface area contributed by atoms with E-state index in [1.54, 1.807) is 12.4 Å². The van der Waals surface area contributed by atoms with Crippen molar-refractivity contribution in [2.45, 2.75) is 44.7 Å². The summed E-state index contributed by atoms with van der Waals surface area (Å²) < 4.78 is 45.2. The average Bonchev–Trinajstić information content (AvgIpc) is 2.72. The molecule has 0 radical (unpaired) electrons. The number of alkyl halides is 3. The van der Waals surface area contributed by atoms with Gasteiger partial charge in [-0.2, -0.15) is 18.2 Å². The number of aromatic nitrogens is 5. The Morgan fingerprint density at radius 2 is 1.67 bits per heavy atom. The molecule has 0 aromatic carbocycles. The van der Waals surface area contributed by atoms with Gasteiger partial charge >= 0.3 is 6.18 Å². The lowest BCUT2D eigenvalue weighted by atomic mass is 9.34. The summed E-state index contributed by atoms with van der Waals surface area (Å²) in [7, 11) is 0. The summed E-state index contributed by atoms with van der Waals surface area (Å²) in [6.45, 7) is 6.27. The van der Waals surface area contributed by atoms with Gasteiger partial charge in [0.25, 0.3) is 0 Å². The van der Waals surface area contributed by atoms with E-state index in [2.05, 4.69) is 24.9 Å². The van der Waals surface area contributed by atoms with Gasteiger partial charge in [0.2, 0.25) is 5.95 Å². The van der Waals surface area contributed by atoms with Crippen LogP contribution in [0.15, 0.2) is 30.6 Å². The number of hydrogen-bond donors (Lipinski definition) is 0. The van der Waals surface area contributed by atoms with Crippen molar-refractivity contribution in [1.82, 2.24) is 24.9 Å². The molecular weight excluding hydrogens is 433 g/mol. The number of nitrogens with zero attached hydrogens (tertiary/aromatic N) is 6. The highest BCUT2D eigenvalue weighted by Gasteiger charge is 2.79. The standard InChI is InChI=1S/C17H18F3N5O.C6H7N/c1-10-6-21-11-12(15-7-16(8-15,9-15)17(18,19)20)23-14(24-13(11)22-10)25-2-4-26-5-3-25;1-6-4-2-3-5-7-6/h6H,2-5,7-9H2,1H3;2-5H,1H3. The first-order valence-electron chi connectivity index (χ1n) is 11.0. The zero-order valence-electron chi connectivity index (χ0n) is 18.6. The quantitative estimate of drug-likeness (QED) is 0.576. The molecule has 3 saturated carbocycles. The Hall–Kier alpha value is -2.88. The first-order valence-corrected chi connectivity index (χ1v) is 11.0. The minimum absolute atomic E-state index is 0.0910. The van der Waals surface area contributed by atoms with Crippen LogP contribution in [-0.4, -0.2) is 57.4 Å². The van der Waals surface area contributed by atoms with Gasteiger partial charge in [0.05, 0.1) is 30.0 Å². The summed E-state index contributed by atoms with van der Waals surface area (Å²) in [5.41, 5.74) is 1.35. The number of ether oxygens (including phenoxy) is 1. The van der Waals surface area contributed by atoms with Crippen molar-refractivity contribution in [2.75, 3.05) is 31.2 Å². The van der Waals surface area contributed by atoms with Gasteiger partial charge in [-0.05, 0) is 45.2 Å². The molecule has 1 aliphatic heterocycles. The number of aryl methyl sites for hydroxylation is 2. The number of pyridine rings is 1. The van der Waals surface area contributed by atoms with Crippen molar-refractivity contribution in [3.05, 3.63) is 47.7 Å². The van der Waals surface area contributed by atoms with Crippen LogP contribution in [0.2, 0.25) is 0 Å². The van der Waals surface area contributed by atoms with Crippen LogP contribution >= 0.6 is 0 Å². The molecule has 7 rings (SSSR count). The molecule has 0 spiro atoms. The first kappa shape index (κ1) is 21.9. The Morgan fingerprint density at radius 3 is 2.24 bits per heavy atom. The van der Waals surface area contributed by atoms with Crippen LogP contribution in [0, 0.1) is 19.3 Å². The number of anilines is 1. The van der Waals surface area contributed by atoms with E-state index in [1.807, 2.05) is 36.9 Å². The molecule has 10 heteroatoms. The fraction of sp³-hybridized carbons (Fsp3) is 0.522. The maximum Gasteiger partial charge on any atom is 0.394 e. The molecule has 174 valence electrons. The summed E-state index contributed by atoms with van der Waals surface area (Å²) in [5, 5.41) is 0. The minimum Gasteiger partial charge on any atom is -0.378 e. The second-order valence-electron chi connectivity index (χ2n) is 9.22. The molecule has 4 heterocycles. The molecule has 2 bridgehead atoms. The highest BCUT2D eigenvalue weighted by atomic mass is 19.4. The second kappa shape index (κ2) is 7.86. The van der Waals surface area contributed by atoms with Gasteiger partial charge in [-0.1, -0.05) is 6.07 Å². The van der Waals surface area contributed by atoms with Crippen LogP contribution in [-0.2, 0) is 10.2 Å². The highest BCUT2D eigenvalue weighted by molar-refractivity contribution is 5.76. The van der Waals surface area contributed by atoms with E-state index in [9.17, 15) is 13.2 Å². The molecule has 3 aromatic heterocycles. The van der Waals surface area contributed by atoms with E-state index < -0.39 is 17.0 Å². The summed E-state index contributed by atoms with van der Waals surface area (Å²) in [4.78, 5) is 24.1. The van der Waals surface area contributed by atoms with Gasteiger partial charge in [0.1, 0.15) is 5.52 Å². The minimum atomic E-state index is -4.15. The van der Waals surface area contributed by atoms with Crippen molar-refractivity contribution in [3.8, 4) is 0 Å². The van der Waals surface area contributed by atoms with Crippen molar-refractivity contribution in [2.24, 2.45) is 5.41 Å². The third-order valence-corrected chi connectivity index (χ3v) is 6.76. The Morgan fingerprint density at radius 1 is 0.939 bits per heavy atom. The number of morpholine rings is 1. The summed E-state index contributed by atoms with van der Waals surface area (Å²) in [6.07, 6.45) is -0.466. The molecule has 4 fully saturated rings. The molecule has 0 N–H and O–H groups in total. The van der Waals surface area contributed by atoms with E-state index in [1.165, 1.54) is 0 Å². The Labute approximate surface area is 189 Å². The van der Waals surface area contributed by atoms with Crippen LogP contribution in [0.5, 0.6) is 0 Å². The van der Waals surface area contributed by atoms with Gasteiger partial charge in [-0.15, -0.1) is 0 Å². The number of hydrogen-bond acceptors (Lipinski definition) is 7. The fourth-order valence-corrected chi connectivity index (χ4v) is 5.04. The van der Waals surface area contributed by atoms with E-state index >= 15 is 0 Å². The molecule has 33 heavy (non-hydrogen) atoms. The van der Waals surface area contributed by atoms with Gasteiger partial charge in [-0.3, -0.25) is 4.98 Å². The molecule has 3 aromatic rings. The Kier molecular flexibility index (Phi) is 5.23. The lowest BCUT2D eigenvalue weighted by molar-refractivity contribution is -0.337. The summed E-state index contributed by atoms with van der Waals surface area (Å²) >= 11 is 0. The molecule has 1 saturated heterocycles. The zero-order valence-corrected chi connectivity index (χ0v) is 18.6. The van der Waals surface area contributed by atoms with Crippen LogP contribution in [0.25, 0.3) is 11.2 Å². The van der Waals surface area contributed by atoms with E-state index in [-0.39, 0.29) is 19.3 Å². The lowest BCUT2D eigenvalue weighted by Gasteiger charge is -2.70. The molecule has 7 nitrogen and oxygen atoms in total. The third kappa shape index (κ3) is 3.80. The smallest absolute Gasteiger partial charge is 0.378 e. The molecule has 0 amide bonds. The lowest BCUT2D eigenvalue weighted by Crippen LogP contribution is -2.70. The Bertz CT molecular complexity index is 1140. The summed E-state index contributed by atoms with van der Waals surface area (Å²) in [6, 6.07) is 5.86. The molecule has 3 aliphatic carbocycles. The van der Waals surface area contributed by atoms with Gasteiger partial charge < -0.3 is 9.64 Å².